The molecule has 0 saturated heterocycles. The summed E-state index contributed by atoms with van der Waals surface area (Å²) < 4.78 is 44.6. The summed E-state index contributed by atoms with van der Waals surface area (Å²) in [6.07, 6.45) is -1.47. The first-order valence-electron chi connectivity index (χ1n) is 10.7. The first-order chi connectivity index (χ1) is 15.3. The Morgan fingerprint density at radius 3 is 2.56 bits per heavy atom. The summed E-state index contributed by atoms with van der Waals surface area (Å²) in [6.45, 7) is 0.675. The molecular weight excluding hydrogens is 421 g/mol. The average Bonchev–Trinajstić information content (AvgIpc) is 3.23. The Balaban J connectivity index is 1.75. The Labute approximate surface area is 184 Å². The van der Waals surface area contributed by atoms with Gasteiger partial charge in [-0.25, -0.2) is 0 Å². The molecule has 2 aromatic carbocycles. The van der Waals surface area contributed by atoms with E-state index in [1.54, 1.807) is 36.3 Å². The third kappa shape index (κ3) is 3.88. The normalized spacial score (nSPS) is 19.8. The number of carbonyl (C=O) groups is 2. The fraction of sp³-hybridized carbons (Fsp3) is 0.417. The van der Waals surface area contributed by atoms with E-state index < -0.39 is 29.1 Å². The topological polar surface area (TPSA) is 58.6 Å². The van der Waals surface area contributed by atoms with Crippen LogP contribution >= 0.6 is 0 Å². The Morgan fingerprint density at radius 1 is 1.16 bits per heavy atom. The number of nitrogens with one attached hydrogen (secondary N) is 1. The van der Waals surface area contributed by atoms with Crippen LogP contribution in [0.2, 0.25) is 0 Å². The molecule has 5 nitrogen and oxygen atoms in total. The van der Waals surface area contributed by atoms with Crippen molar-refractivity contribution < 1.29 is 27.5 Å². The highest BCUT2D eigenvalue weighted by Gasteiger charge is 2.55. The van der Waals surface area contributed by atoms with E-state index >= 15 is 0 Å². The second kappa shape index (κ2) is 8.58. The zero-order valence-electron chi connectivity index (χ0n) is 17.7. The van der Waals surface area contributed by atoms with E-state index in [0.29, 0.717) is 37.1 Å². The lowest BCUT2D eigenvalue weighted by Gasteiger charge is -2.50. The second-order valence-electron chi connectivity index (χ2n) is 8.35. The number of hydrogen-bond acceptors (Lipinski definition) is 3. The SMILES string of the molecule is COCCN1C(=O)c2ccccc2[C@H](C(=O)Nc2cccc(C(F)(F)F)c2)C12CCCC2. The first kappa shape index (κ1) is 22.3. The molecule has 32 heavy (non-hydrogen) atoms. The number of anilines is 1. The van der Waals surface area contributed by atoms with Gasteiger partial charge in [0, 0.05) is 24.9 Å². The second-order valence-corrected chi connectivity index (χ2v) is 8.35. The minimum absolute atomic E-state index is 0.0794. The van der Waals surface area contributed by atoms with E-state index in [-0.39, 0.29) is 11.6 Å². The van der Waals surface area contributed by atoms with Crippen LogP contribution < -0.4 is 5.32 Å². The lowest BCUT2D eigenvalue weighted by atomic mass is 9.71. The average molecular weight is 446 g/mol. The van der Waals surface area contributed by atoms with Gasteiger partial charge in [0.15, 0.2) is 0 Å². The zero-order chi connectivity index (χ0) is 22.9. The Kier molecular flexibility index (Phi) is 5.99. The van der Waals surface area contributed by atoms with Crippen LogP contribution in [0.25, 0.3) is 0 Å². The van der Waals surface area contributed by atoms with E-state index in [4.69, 9.17) is 4.74 Å². The van der Waals surface area contributed by atoms with Crippen molar-refractivity contribution in [1.82, 2.24) is 4.90 Å². The van der Waals surface area contributed by atoms with Gasteiger partial charge in [0.2, 0.25) is 5.91 Å². The van der Waals surface area contributed by atoms with Crippen molar-refractivity contribution in [2.24, 2.45) is 0 Å². The molecule has 1 atom stereocenters. The molecule has 2 amide bonds. The van der Waals surface area contributed by atoms with Gasteiger partial charge in [0.25, 0.3) is 5.91 Å². The lowest BCUT2D eigenvalue weighted by Crippen LogP contribution is -2.60. The molecular formula is C24H25F3N2O3. The quantitative estimate of drug-likeness (QED) is 0.715. The van der Waals surface area contributed by atoms with Crippen molar-refractivity contribution in [2.45, 2.75) is 43.3 Å². The smallest absolute Gasteiger partial charge is 0.383 e. The number of alkyl halides is 3. The number of hydrogen-bond donors (Lipinski definition) is 1. The highest BCUT2D eigenvalue weighted by atomic mass is 19.4. The molecule has 1 aliphatic heterocycles. The van der Waals surface area contributed by atoms with Crippen molar-refractivity contribution in [3.63, 3.8) is 0 Å². The summed E-state index contributed by atoms with van der Waals surface area (Å²) in [5.41, 5.74) is -0.402. The predicted molar refractivity (Wildman–Crippen MR) is 113 cm³/mol. The summed E-state index contributed by atoms with van der Waals surface area (Å²) in [5, 5.41) is 2.70. The van der Waals surface area contributed by atoms with Gasteiger partial charge in [-0.15, -0.1) is 0 Å². The van der Waals surface area contributed by atoms with Crippen LogP contribution in [0.1, 0.15) is 53.1 Å². The van der Waals surface area contributed by atoms with Crippen molar-refractivity contribution in [3.8, 4) is 0 Å². The number of amides is 2. The predicted octanol–water partition coefficient (Wildman–Crippen LogP) is 4.84. The molecule has 0 unspecified atom stereocenters. The Bertz CT molecular complexity index is 1020. The lowest BCUT2D eigenvalue weighted by molar-refractivity contribution is -0.137. The molecule has 0 aromatic heterocycles. The fourth-order valence-electron chi connectivity index (χ4n) is 5.16. The van der Waals surface area contributed by atoms with E-state index in [0.717, 1.165) is 25.0 Å². The first-order valence-corrected chi connectivity index (χ1v) is 10.7. The van der Waals surface area contributed by atoms with E-state index in [1.165, 1.54) is 12.1 Å². The molecule has 1 heterocycles. The number of carbonyl (C=O) groups excluding carboxylic acids is 2. The molecule has 1 saturated carbocycles. The molecule has 1 aliphatic carbocycles. The van der Waals surface area contributed by atoms with Crippen molar-refractivity contribution >= 4 is 17.5 Å². The Hall–Kier alpha value is -2.87. The van der Waals surface area contributed by atoms with Gasteiger partial charge in [-0.05, 0) is 42.7 Å². The standard InChI is InChI=1S/C24H25F3N2O3/c1-32-14-13-29-22(31)19-10-3-2-9-18(19)20(23(29)11-4-5-12-23)21(30)28-17-8-6-7-16(15-17)24(25,26)27/h2-3,6-10,15,20H,4-5,11-14H2,1H3,(H,28,30)/t20-/m1/s1. The van der Waals surface area contributed by atoms with Crippen molar-refractivity contribution in [2.75, 3.05) is 25.6 Å². The van der Waals surface area contributed by atoms with Crippen LogP contribution in [0.4, 0.5) is 18.9 Å². The van der Waals surface area contributed by atoms with Gasteiger partial charge in [0.05, 0.1) is 23.6 Å². The number of fused-ring (bicyclic) bond motifs is 1. The molecule has 0 radical (unpaired) electrons. The van der Waals surface area contributed by atoms with Gasteiger partial charge in [0.1, 0.15) is 0 Å². The van der Waals surface area contributed by atoms with Gasteiger partial charge in [-0.3, -0.25) is 9.59 Å². The molecule has 1 fully saturated rings. The maximum absolute atomic E-state index is 13.6. The fourth-order valence-corrected chi connectivity index (χ4v) is 5.16. The van der Waals surface area contributed by atoms with E-state index in [9.17, 15) is 22.8 Å². The monoisotopic (exact) mass is 446 g/mol. The number of ether oxygens (including phenoxy) is 1. The highest BCUT2D eigenvalue weighted by Crippen LogP contribution is 2.50. The third-order valence-corrected chi connectivity index (χ3v) is 6.53. The number of rotatable bonds is 5. The van der Waals surface area contributed by atoms with Crippen LogP contribution in [-0.2, 0) is 15.7 Å². The molecule has 1 spiro atoms. The molecule has 170 valence electrons. The minimum atomic E-state index is -4.51. The zero-order valence-corrected chi connectivity index (χ0v) is 17.7. The maximum atomic E-state index is 13.6. The third-order valence-electron chi connectivity index (χ3n) is 6.53. The van der Waals surface area contributed by atoms with Crippen LogP contribution in [-0.4, -0.2) is 42.5 Å². The molecule has 2 aromatic rings. The van der Waals surface area contributed by atoms with Crippen LogP contribution in [0.5, 0.6) is 0 Å². The molecule has 1 N–H and O–H groups in total. The van der Waals surface area contributed by atoms with E-state index in [1.807, 2.05) is 0 Å². The van der Waals surface area contributed by atoms with E-state index in [2.05, 4.69) is 5.32 Å². The van der Waals surface area contributed by atoms with Gasteiger partial charge in [-0.2, -0.15) is 13.2 Å². The highest BCUT2D eigenvalue weighted by molar-refractivity contribution is 6.05. The number of benzene rings is 2. The van der Waals surface area contributed by atoms with Crippen molar-refractivity contribution in [1.29, 1.82) is 0 Å². The van der Waals surface area contributed by atoms with Gasteiger partial charge < -0.3 is 15.0 Å². The number of halogens is 3. The summed E-state index contributed by atoms with van der Waals surface area (Å²) in [4.78, 5) is 28.7. The summed E-state index contributed by atoms with van der Waals surface area (Å²) in [7, 11) is 1.56. The van der Waals surface area contributed by atoms with Crippen LogP contribution in [0.15, 0.2) is 48.5 Å². The van der Waals surface area contributed by atoms with Crippen LogP contribution in [0.3, 0.4) is 0 Å². The summed E-state index contributed by atoms with van der Waals surface area (Å²) >= 11 is 0. The van der Waals surface area contributed by atoms with Gasteiger partial charge >= 0.3 is 6.18 Å². The van der Waals surface area contributed by atoms with Gasteiger partial charge in [-0.1, -0.05) is 37.1 Å². The molecule has 4 rings (SSSR count). The summed E-state index contributed by atoms with van der Waals surface area (Å²) in [6, 6.07) is 11.6. The van der Waals surface area contributed by atoms with Crippen molar-refractivity contribution in [3.05, 3.63) is 65.2 Å². The maximum Gasteiger partial charge on any atom is 0.416 e. The summed E-state index contributed by atoms with van der Waals surface area (Å²) in [5.74, 6) is -1.23. The minimum Gasteiger partial charge on any atom is -0.383 e. The molecule has 8 heteroatoms. The van der Waals surface area contributed by atoms with Crippen LogP contribution in [0, 0.1) is 0 Å². The molecule has 0 bridgehead atoms. The Morgan fingerprint density at radius 2 is 1.88 bits per heavy atom. The number of nitrogens with zero attached hydrogens (tertiary/aromatic N) is 1. The number of methoxy groups -OCH3 is 1. The molecule has 2 aliphatic rings. The largest absolute Gasteiger partial charge is 0.416 e.